The molecule has 0 saturated heterocycles. The van der Waals surface area contributed by atoms with Crippen LogP contribution in [0.4, 0.5) is 5.69 Å². The summed E-state index contributed by atoms with van der Waals surface area (Å²) >= 11 is 0. The summed E-state index contributed by atoms with van der Waals surface area (Å²) in [5, 5.41) is 9.03. The zero-order valence-electron chi connectivity index (χ0n) is 10.2. The number of ether oxygens (including phenoxy) is 1. The molecule has 1 aromatic carbocycles. The second-order valence-corrected chi connectivity index (χ2v) is 3.71. The van der Waals surface area contributed by atoms with Gasteiger partial charge in [-0.25, -0.2) is 4.79 Å². The number of rotatable bonds is 4. The van der Waals surface area contributed by atoms with Crippen LogP contribution in [0.5, 0.6) is 5.75 Å². The predicted octanol–water partition coefficient (Wildman–Crippen LogP) is 1.38. The van der Waals surface area contributed by atoms with Crippen LogP contribution >= 0.6 is 0 Å². The maximum atomic E-state index is 11.5. The van der Waals surface area contributed by atoms with Gasteiger partial charge in [0.05, 0.1) is 18.4 Å². The Labute approximate surface area is 103 Å². The second-order valence-electron chi connectivity index (χ2n) is 3.71. The number of hydrogen-bond donors (Lipinski definition) is 2. The SMILES string of the molecule is COc1c(C(=O)O)cc(C(C)=O)c(C(C)=O)c1N. The molecule has 1 aromatic rings. The highest BCUT2D eigenvalue weighted by molar-refractivity contribution is 6.13. The number of carbonyl (C=O) groups is 3. The minimum Gasteiger partial charge on any atom is -0.494 e. The van der Waals surface area contributed by atoms with Crippen LogP contribution in [-0.4, -0.2) is 29.8 Å². The lowest BCUT2D eigenvalue weighted by Gasteiger charge is -2.14. The number of carbonyl (C=O) groups excluding carboxylic acids is 2. The Morgan fingerprint density at radius 1 is 1.17 bits per heavy atom. The van der Waals surface area contributed by atoms with E-state index in [0.29, 0.717) is 0 Å². The van der Waals surface area contributed by atoms with Crippen molar-refractivity contribution in [3.05, 3.63) is 22.8 Å². The molecular weight excluding hydrogens is 238 g/mol. The monoisotopic (exact) mass is 251 g/mol. The molecule has 0 unspecified atom stereocenters. The fraction of sp³-hybridized carbons (Fsp3) is 0.250. The molecule has 0 radical (unpaired) electrons. The maximum absolute atomic E-state index is 11.5. The Bertz CT molecular complexity index is 548. The lowest BCUT2D eigenvalue weighted by Crippen LogP contribution is -2.13. The van der Waals surface area contributed by atoms with Crippen molar-refractivity contribution in [3.8, 4) is 5.75 Å². The molecule has 0 aromatic heterocycles. The molecule has 0 aliphatic rings. The van der Waals surface area contributed by atoms with E-state index < -0.39 is 17.5 Å². The van der Waals surface area contributed by atoms with E-state index in [2.05, 4.69) is 0 Å². The lowest BCUT2D eigenvalue weighted by molar-refractivity contribution is 0.0693. The molecular formula is C12H13NO5. The first-order valence-corrected chi connectivity index (χ1v) is 5.06. The highest BCUT2D eigenvalue weighted by Gasteiger charge is 2.24. The summed E-state index contributed by atoms with van der Waals surface area (Å²) in [5.41, 5.74) is 5.31. The number of aromatic carboxylic acids is 1. The molecule has 0 aliphatic carbocycles. The quantitative estimate of drug-likeness (QED) is 0.618. The molecule has 6 nitrogen and oxygen atoms in total. The molecule has 0 heterocycles. The molecule has 1 rings (SSSR count). The summed E-state index contributed by atoms with van der Waals surface area (Å²) in [4.78, 5) is 34.0. The predicted molar refractivity (Wildman–Crippen MR) is 64.4 cm³/mol. The van der Waals surface area contributed by atoms with E-state index >= 15 is 0 Å². The van der Waals surface area contributed by atoms with E-state index in [1.54, 1.807) is 0 Å². The van der Waals surface area contributed by atoms with E-state index in [-0.39, 0.29) is 28.1 Å². The molecule has 6 heteroatoms. The van der Waals surface area contributed by atoms with Gasteiger partial charge in [0.15, 0.2) is 17.3 Å². The molecule has 0 atom stereocenters. The third-order valence-electron chi connectivity index (χ3n) is 2.48. The van der Waals surface area contributed by atoms with E-state index in [1.807, 2.05) is 0 Å². The van der Waals surface area contributed by atoms with Crippen molar-refractivity contribution in [3.63, 3.8) is 0 Å². The Morgan fingerprint density at radius 2 is 1.72 bits per heavy atom. The van der Waals surface area contributed by atoms with Crippen LogP contribution in [0.3, 0.4) is 0 Å². The molecule has 0 spiro atoms. The number of methoxy groups -OCH3 is 1. The van der Waals surface area contributed by atoms with Gasteiger partial charge in [-0.15, -0.1) is 0 Å². The number of nitrogens with two attached hydrogens (primary N) is 1. The third-order valence-corrected chi connectivity index (χ3v) is 2.48. The largest absolute Gasteiger partial charge is 0.494 e. The van der Waals surface area contributed by atoms with E-state index in [0.717, 1.165) is 6.07 Å². The van der Waals surface area contributed by atoms with Crippen LogP contribution < -0.4 is 10.5 Å². The standard InChI is InChI=1S/C12H13NO5/c1-5(14)7-4-8(12(16)17)11(18-3)10(13)9(7)6(2)15/h4H,13H2,1-3H3,(H,16,17). The van der Waals surface area contributed by atoms with Gasteiger partial charge in [-0.2, -0.15) is 0 Å². The van der Waals surface area contributed by atoms with Crippen molar-refractivity contribution < 1.29 is 24.2 Å². The van der Waals surface area contributed by atoms with E-state index in [9.17, 15) is 14.4 Å². The Morgan fingerprint density at radius 3 is 2.06 bits per heavy atom. The van der Waals surface area contributed by atoms with Crippen molar-refractivity contribution >= 4 is 23.2 Å². The van der Waals surface area contributed by atoms with Gasteiger partial charge in [-0.3, -0.25) is 9.59 Å². The summed E-state index contributed by atoms with van der Waals surface area (Å²) in [6.07, 6.45) is 0. The van der Waals surface area contributed by atoms with Crippen molar-refractivity contribution in [1.82, 2.24) is 0 Å². The van der Waals surface area contributed by atoms with Gasteiger partial charge in [-0.1, -0.05) is 0 Å². The Kier molecular flexibility index (Phi) is 3.70. The highest BCUT2D eigenvalue weighted by atomic mass is 16.5. The number of benzene rings is 1. The highest BCUT2D eigenvalue weighted by Crippen LogP contribution is 2.33. The van der Waals surface area contributed by atoms with Crippen LogP contribution in [0.15, 0.2) is 6.07 Å². The topological polar surface area (TPSA) is 107 Å². The molecule has 0 saturated carbocycles. The van der Waals surface area contributed by atoms with Gasteiger partial charge >= 0.3 is 5.97 Å². The maximum Gasteiger partial charge on any atom is 0.339 e. The Balaban J connectivity index is 3.79. The summed E-state index contributed by atoms with van der Waals surface area (Å²) in [7, 11) is 1.25. The minimum absolute atomic E-state index is 0.00986. The first-order chi connectivity index (χ1) is 8.31. The van der Waals surface area contributed by atoms with Crippen LogP contribution in [0.25, 0.3) is 0 Å². The molecule has 3 N–H and O–H groups in total. The summed E-state index contributed by atoms with van der Waals surface area (Å²) in [5.74, 6) is -2.25. The number of ketones is 2. The van der Waals surface area contributed by atoms with Gasteiger partial charge in [0, 0.05) is 5.56 Å². The van der Waals surface area contributed by atoms with Gasteiger partial charge in [-0.05, 0) is 19.9 Å². The normalized spacial score (nSPS) is 9.94. The van der Waals surface area contributed by atoms with Crippen molar-refractivity contribution in [1.29, 1.82) is 0 Å². The summed E-state index contributed by atoms with van der Waals surface area (Å²) in [6.45, 7) is 2.48. The fourth-order valence-corrected chi connectivity index (χ4v) is 1.72. The number of carboxylic acids is 1. The number of nitrogen functional groups attached to an aromatic ring is 1. The minimum atomic E-state index is -1.28. The number of Topliss-reactive ketones (excluding diaryl/α,β-unsaturated/α-hetero) is 2. The molecule has 0 fully saturated rings. The Hall–Kier alpha value is -2.37. The average molecular weight is 251 g/mol. The number of hydrogen-bond acceptors (Lipinski definition) is 5. The lowest BCUT2D eigenvalue weighted by atomic mass is 9.95. The van der Waals surface area contributed by atoms with Crippen LogP contribution in [0.1, 0.15) is 44.9 Å². The van der Waals surface area contributed by atoms with Gasteiger partial charge in [0.2, 0.25) is 0 Å². The smallest absolute Gasteiger partial charge is 0.339 e. The van der Waals surface area contributed by atoms with Crippen molar-refractivity contribution in [2.24, 2.45) is 0 Å². The van der Waals surface area contributed by atoms with Crippen molar-refractivity contribution in [2.75, 3.05) is 12.8 Å². The van der Waals surface area contributed by atoms with Crippen molar-refractivity contribution in [2.45, 2.75) is 13.8 Å². The van der Waals surface area contributed by atoms with E-state index in [4.69, 9.17) is 15.6 Å². The van der Waals surface area contributed by atoms with Gasteiger partial charge in [0.1, 0.15) is 5.56 Å². The van der Waals surface area contributed by atoms with Crippen LogP contribution in [0.2, 0.25) is 0 Å². The zero-order chi connectivity index (χ0) is 14.0. The first kappa shape index (κ1) is 13.7. The van der Waals surface area contributed by atoms with E-state index in [1.165, 1.54) is 21.0 Å². The van der Waals surface area contributed by atoms with Crippen LogP contribution in [-0.2, 0) is 0 Å². The molecule has 0 amide bonds. The van der Waals surface area contributed by atoms with Gasteiger partial charge in [0.25, 0.3) is 0 Å². The molecule has 0 bridgehead atoms. The average Bonchev–Trinajstić information content (AvgIpc) is 2.26. The summed E-state index contributed by atoms with van der Waals surface area (Å²) < 4.78 is 4.89. The third kappa shape index (κ3) is 2.17. The second kappa shape index (κ2) is 4.87. The van der Waals surface area contributed by atoms with Gasteiger partial charge < -0.3 is 15.6 Å². The fourth-order valence-electron chi connectivity index (χ4n) is 1.72. The molecule has 0 aliphatic heterocycles. The number of anilines is 1. The molecule has 96 valence electrons. The number of carboxylic acid groups (broad SMARTS) is 1. The zero-order valence-corrected chi connectivity index (χ0v) is 10.2. The summed E-state index contributed by atoms with van der Waals surface area (Å²) in [6, 6.07) is 1.11. The van der Waals surface area contributed by atoms with Crippen LogP contribution in [0, 0.1) is 0 Å². The molecule has 18 heavy (non-hydrogen) atoms. The first-order valence-electron chi connectivity index (χ1n) is 5.06.